The molecule has 2 rings (SSSR count). The second-order valence-corrected chi connectivity index (χ2v) is 4.54. The number of nitrogens with one attached hydrogen (secondary N) is 1. The topological polar surface area (TPSA) is 38.3 Å². The lowest BCUT2D eigenvalue weighted by Gasteiger charge is -2.19. The lowest BCUT2D eigenvalue weighted by atomic mass is 10.0. The maximum absolute atomic E-state index is 11.2. The van der Waals surface area contributed by atoms with Crippen molar-refractivity contribution in [1.29, 1.82) is 0 Å². The first-order valence-corrected chi connectivity index (χ1v) is 5.87. The molecule has 1 atom stereocenters. The fourth-order valence-electron chi connectivity index (χ4n) is 1.88. The Kier molecular flexibility index (Phi) is 3.47. The van der Waals surface area contributed by atoms with E-state index in [1.165, 1.54) is 5.56 Å². The number of carbonyl (C=O) groups excluding carboxylic acids is 1. The summed E-state index contributed by atoms with van der Waals surface area (Å²) in [6.45, 7) is 4.80. The summed E-state index contributed by atoms with van der Waals surface area (Å²) in [5, 5.41) is 3.28. The molecule has 0 spiro atoms. The van der Waals surface area contributed by atoms with Crippen molar-refractivity contribution >= 4 is 5.97 Å². The van der Waals surface area contributed by atoms with Crippen molar-refractivity contribution in [2.75, 3.05) is 0 Å². The van der Waals surface area contributed by atoms with Crippen LogP contribution in [0, 0.1) is 5.92 Å². The van der Waals surface area contributed by atoms with Gasteiger partial charge in [-0.3, -0.25) is 0 Å². The summed E-state index contributed by atoms with van der Waals surface area (Å²) >= 11 is 0. The fourth-order valence-corrected chi connectivity index (χ4v) is 1.88. The lowest BCUT2D eigenvalue weighted by molar-refractivity contribution is -0.140. The highest BCUT2D eigenvalue weighted by Gasteiger charge is 2.28. The third-order valence-electron chi connectivity index (χ3n) is 2.77. The Morgan fingerprint density at radius 2 is 2.00 bits per heavy atom. The number of benzene rings is 1. The minimum absolute atomic E-state index is 0.133. The SMILES string of the molecule is CC(C)[C@H]1OC(=O)C=C1NCc1ccccc1. The molecule has 1 aliphatic heterocycles. The summed E-state index contributed by atoms with van der Waals surface area (Å²) in [7, 11) is 0. The highest BCUT2D eigenvalue weighted by Crippen LogP contribution is 2.20. The van der Waals surface area contributed by atoms with Crippen molar-refractivity contribution < 1.29 is 9.53 Å². The normalized spacial score (nSPS) is 19.1. The van der Waals surface area contributed by atoms with Gasteiger partial charge in [0.2, 0.25) is 0 Å². The number of esters is 1. The van der Waals surface area contributed by atoms with Gasteiger partial charge in [0.25, 0.3) is 0 Å². The van der Waals surface area contributed by atoms with E-state index in [2.05, 4.69) is 17.4 Å². The molecule has 1 aromatic carbocycles. The Hall–Kier alpha value is -1.77. The summed E-state index contributed by atoms with van der Waals surface area (Å²) < 4.78 is 5.23. The molecular weight excluding hydrogens is 214 g/mol. The second kappa shape index (κ2) is 5.04. The largest absolute Gasteiger partial charge is 0.452 e. The van der Waals surface area contributed by atoms with Crippen LogP contribution in [0.2, 0.25) is 0 Å². The van der Waals surface area contributed by atoms with E-state index in [9.17, 15) is 4.79 Å². The third-order valence-corrected chi connectivity index (χ3v) is 2.77. The van der Waals surface area contributed by atoms with Gasteiger partial charge in [0.1, 0.15) is 6.10 Å². The van der Waals surface area contributed by atoms with E-state index in [0.29, 0.717) is 6.54 Å². The lowest BCUT2D eigenvalue weighted by Crippen LogP contribution is -2.27. The van der Waals surface area contributed by atoms with E-state index in [-0.39, 0.29) is 18.0 Å². The molecule has 0 saturated carbocycles. The standard InChI is InChI=1S/C14H17NO2/c1-10(2)14-12(8-13(16)17-14)15-9-11-6-4-3-5-7-11/h3-8,10,14-15H,9H2,1-2H3/t14-/m1/s1. The maximum atomic E-state index is 11.2. The summed E-state index contributed by atoms with van der Waals surface area (Å²) in [6.07, 6.45) is 1.42. The molecule has 0 aliphatic carbocycles. The van der Waals surface area contributed by atoms with Crippen molar-refractivity contribution in [2.45, 2.75) is 26.5 Å². The van der Waals surface area contributed by atoms with Crippen LogP contribution < -0.4 is 5.32 Å². The summed E-state index contributed by atoms with van der Waals surface area (Å²) in [5.41, 5.74) is 2.07. The van der Waals surface area contributed by atoms with E-state index >= 15 is 0 Å². The van der Waals surface area contributed by atoms with Gasteiger partial charge < -0.3 is 10.1 Å². The molecule has 1 aromatic rings. The molecule has 1 heterocycles. The molecule has 3 heteroatoms. The van der Waals surface area contributed by atoms with Crippen LogP contribution in [0.25, 0.3) is 0 Å². The molecule has 0 fully saturated rings. The smallest absolute Gasteiger partial charge is 0.333 e. The van der Waals surface area contributed by atoms with Gasteiger partial charge in [-0.2, -0.15) is 0 Å². The average molecular weight is 231 g/mol. The second-order valence-electron chi connectivity index (χ2n) is 4.54. The summed E-state index contributed by atoms with van der Waals surface area (Å²) in [4.78, 5) is 11.2. The summed E-state index contributed by atoms with van der Waals surface area (Å²) in [6, 6.07) is 10.1. The van der Waals surface area contributed by atoms with Crippen LogP contribution in [0.4, 0.5) is 0 Å². The van der Waals surface area contributed by atoms with Gasteiger partial charge in [-0.15, -0.1) is 0 Å². The number of cyclic esters (lactones) is 1. The Balaban J connectivity index is 1.99. The average Bonchev–Trinajstić information content (AvgIpc) is 2.69. The Morgan fingerprint density at radius 3 is 2.65 bits per heavy atom. The highest BCUT2D eigenvalue weighted by molar-refractivity contribution is 5.85. The predicted molar refractivity (Wildman–Crippen MR) is 66.1 cm³/mol. The predicted octanol–water partition coefficient (Wildman–Crippen LogP) is 2.24. The Labute approximate surface area is 101 Å². The van der Waals surface area contributed by atoms with E-state index in [1.807, 2.05) is 32.0 Å². The molecule has 0 amide bonds. The zero-order chi connectivity index (χ0) is 12.3. The molecule has 0 radical (unpaired) electrons. The van der Waals surface area contributed by atoms with Crippen molar-refractivity contribution in [3.63, 3.8) is 0 Å². The quantitative estimate of drug-likeness (QED) is 0.808. The summed E-state index contributed by atoms with van der Waals surface area (Å²) in [5.74, 6) is 0.0373. The van der Waals surface area contributed by atoms with Crippen LogP contribution in [0.15, 0.2) is 42.1 Å². The zero-order valence-corrected chi connectivity index (χ0v) is 10.1. The van der Waals surface area contributed by atoms with Gasteiger partial charge in [0, 0.05) is 12.6 Å². The van der Waals surface area contributed by atoms with E-state index in [0.717, 1.165) is 5.70 Å². The van der Waals surface area contributed by atoms with E-state index in [1.54, 1.807) is 6.08 Å². The van der Waals surface area contributed by atoms with Crippen LogP contribution in [0.3, 0.4) is 0 Å². The molecule has 1 aliphatic rings. The number of rotatable bonds is 4. The number of carbonyl (C=O) groups is 1. The van der Waals surface area contributed by atoms with Crippen molar-refractivity contribution in [3.05, 3.63) is 47.7 Å². The van der Waals surface area contributed by atoms with Gasteiger partial charge in [0.05, 0.1) is 5.70 Å². The van der Waals surface area contributed by atoms with Crippen LogP contribution in [0.5, 0.6) is 0 Å². The van der Waals surface area contributed by atoms with Gasteiger partial charge in [-0.1, -0.05) is 44.2 Å². The molecule has 1 N–H and O–H groups in total. The van der Waals surface area contributed by atoms with Gasteiger partial charge in [-0.25, -0.2) is 4.79 Å². The van der Waals surface area contributed by atoms with Gasteiger partial charge in [-0.05, 0) is 11.5 Å². The number of hydrogen-bond donors (Lipinski definition) is 1. The Morgan fingerprint density at radius 1 is 1.29 bits per heavy atom. The van der Waals surface area contributed by atoms with Crippen LogP contribution in [0.1, 0.15) is 19.4 Å². The molecule has 90 valence electrons. The highest BCUT2D eigenvalue weighted by atomic mass is 16.5. The number of hydrogen-bond acceptors (Lipinski definition) is 3. The van der Waals surface area contributed by atoms with E-state index in [4.69, 9.17) is 4.74 Å². The monoisotopic (exact) mass is 231 g/mol. The molecule has 0 aromatic heterocycles. The van der Waals surface area contributed by atoms with Crippen LogP contribution >= 0.6 is 0 Å². The van der Waals surface area contributed by atoms with Crippen LogP contribution in [-0.2, 0) is 16.1 Å². The fraction of sp³-hybridized carbons (Fsp3) is 0.357. The third kappa shape index (κ3) is 2.87. The van der Waals surface area contributed by atoms with E-state index < -0.39 is 0 Å². The zero-order valence-electron chi connectivity index (χ0n) is 10.1. The molecule has 0 saturated heterocycles. The van der Waals surface area contributed by atoms with Crippen molar-refractivity contribution in [3.8, 4) is 0 Å². The molecule has 0 unspecified atom stereocenters. The molecule has 0 bridgehead atoms. The van der Waals surface area contributed by atoms with Crippen molar-refractivity contribution in [1.82, 2.24) is 5.32 Å². The molecular formula is C14H17NO2. The molecule has 17 heavy (non-hydrogen) atoms. The first kappa shape index (κ1) is 11.7. The van der Waals surface area contributed by atoms with Crippen LogP contribution in [-0.4, -0.2) is 12.1 Å². The Bertz CT molecular complexity index is 423. The first-order valence-electron chi connectivity index (χ1n) is 5.87. The maximum Gasteiger partial charge on any atom is 0.333 e. The number of ether oxygens (including phenoxy) is 1. The first-order chi connectivity index (χ1) is 8.16. The van der Waals surface area contributed by atoms with Gasteiger partial charge >= 0.3 is 5.97 Å². The van der Waals surface area contributed by atoms with Crippen molar-refractivity contribution in [2.24, 2.45) is 5.92 Å². The van der Waals surface area contributed by atoms with Gasteiger partial charge in [0.15, 0.2) is 0 Å². The minimum Gasteiger partial charge on any atom is -0.452 e. The minimum atomic E-state index is -0.251. The molecule has 3 nitrogen and oxygen atoms in total.